The number of halogens is 2. The molecule has 0 amide bonds. The average Bonchev–Trinajstić information content (AvgIpc) is 3.65. The number of carbonyl (C=O) groups excluding carboxylic acids is 2. The topological polar surface area (TPSA) is 157 Å². The van der Waals surface area contributed by atoms with Crippen LogP contribution in [0.2, 0.25) is 10.6 Å². The molecular formula is C40H62Cl2N8O5S2. The van der Waals surface area contributed by atoms with Crippen LogP contribution < -0.4 is 0 Å². The number of unbranched alkanes of at least 4 members (excludes halogenated alkanes) is 12. The Hall–Kier alpha value is -2.88. The molecule has 4 aromatic rings. The Labute approximate surface area is 355 Å². The van der Waals surface area contributed by atoms with Crippen molar-refractivity contribution >= 4 is 80.0 Å². The summed E-state index contributed by atoms with van der Waals surface area (Å²) in [6.07, 6.45) is 16.4. The molecule has 0 spiro atoms. The van der Waals surface area contributed by atoms with E-state index in [1.165, 1.54) is 39.9 Å². The number of carbonyl (C=O) groups is 2. The molecular weight excluding hydrogens is 808 g/mol. The van der Waals surface area contributed by atoms with Crippen LogP contribution in [0.4, 0.5) is 0 Å². The van der Waals surface area contributed by atoms with Crippen molar-refractivity contribution in [2.24, 2.45) is 0 Å². The van der Waals surface area contributed by atoms with Crippen molar-refractivity contribution in [3.05, 3.63) is 22.2 Å². The number of hydrogen-bond donors (Lipinski definition) is 0. The van der Waals surface area contributed by atoms with Gasteiger partial charge >= 0.3 is 11.9 Å². The van der Waals surface area contributed by atoms with Gasteiger partial charge in [0, 0.05) is 36.4 Å². The van der Waals surface area contributed by atoms with Gasteiger partial charge in [0.05, 0.1) is 25.0 Å². The van der Waals surface area contributed by atoms with Gasteiger partial charge in [-0.15, -0.1) is 11.8 Å². The first-order valence-corrected chi connectivity index (χ1v) is 23.1. The fraction of sp³-hybridized carbons (Fsp3) is 0.700. The number of nitrogens with zero attached hydrogens (tertiary/aromatic N) is 8. The summed E-state index contributed by atoms with van der Waals surface area (Å²) in [7, 11) is 1.61. The number of hydrogen-bond acceptors (Lipinski definition) is 12. The molecule has 4 aromatic heterocycles. The smallest absolute Gasteiger partial charge is 0.305 e. The summed E-state index contributed by atoms with van der Waals surface area (Å²) in [5, 5.41) is 2.08. The molecule has 4 rings (SSSR count). The van der Waals surface area contributed by atoms with E-state index in [0.717, 1.165) is 105 Å². The van der Waals surface area contributed by atoms with Crippen LogP contribution in [-0.2, 0) is 43.0 Å². The Balaban J connectivity index is 0.000000306. The molecule has 0 aliphatic heterocycles. The van der Waals surface area contributed by atoms with E-state index in [4.69, 9.17) is 23.2 Å². The van der Waals surface area contributed by atoms with E-state index in [9.17, 15) is 13.8 Å². The lowest BCUT2D eigenvalue weighted by molar-refractivity contribution is -0.141. The summed E-state index contributed by atoms with van der Waals surface area (Å²) >= 11 is 13.8. The fourth-order valence-electron chi connectivity index (χ4n) is 6.44. The maximum absolute atomic E-state index is 12.7. The summed E-state index contributed by atoms with van der Waals surface area (Å²) in [5.74, 6) is 1.56. The zero-order valence-corrected chi connectivity index (χ0v) is 38.2. The molecule has 0 saturated heterocycles. The standard InChI is InChI=1S/C20H31ClN4O3S.C20H31ClN4O2S/c1-14(2)29(27)19-17-18(23-20(21)24-19)22-15(3)25(17)13-11-9-7-5-6-8-10-12-16(26)28-4;1-14(2)28-19-17-18(23-20(21)24-19)22-15(3)25(17)13-11-9-7-5-6-8-10-12-16(26)27-4/h14H,5-13H2,1-4H3;14H,5-13H2,1-4H3. The van der Waals surface area contributed by atoms with E-state index in [2.05, 4.69) is 62.4 Å². The average molecular weight is 870 g/mol. The van der Waals surface area contributed by atoms with E-state index >= 15 is 0 Å². The quantitative estimate of drug-likeness (QED) is 0.0216. The molecule has 1 atom stereocenters. The van der Waals surface area contributed by atoms with Gasteiger partial charge in [0.1, 0.15) is 27.7 Å². The number of thioether (sulfide) groups is 1. The summed E-state index contributed by atoms with van der Waals surface area (Å²) in [6.45, 7) is 13.7. The lowest BCUT2D eigenvalue weighted by atomic mass is 10.1. The van der Waals surface area contributed by atoms with Crippen molar-refractivity contribution in [2.45, 2.75) is 178 Å². The van der Waals surface area contributed by atoms with Crippen molar-refractivity contribution in [2.75, 3.05) is 14.2 Å². The van der Waals surface area contributed by atoms with Gasteiger partial charge in [-0.1, -0.05) is 91.9 Å². The molecule has 1 unspecified atom stereocenters. The van der Waals surface area contributed by atoms with Crippen LogP contribution in [0.15, 0.2) is 10.1 Å². The van der Waals surface area contributed by atoms with Crippen LogP contribution in [0.5, 0.6) is 0 Å². The molecule has 0 bridgehead atoms. The van der Waals surface area contributed by atoms with Crippen LogP contribution in [-0.4, -0.2) is 79.9 Å². The maximum Gasteiger partial charge on any atom is 0.305 e. The number of methoxy groups -OCH3 is 2. The van der Waals surface area contributed by atoms with Gasteiger partial charge < -0.3 is 18.6 Å². The molecule has 0 aliphatic carbocycles. The maximum atomic E-state index is 12.7. The molecule has 318 valence electrons. The van der Waals surface area contributed by atoms with E-state index in [0.29, 0.717) is 34.4 Å². The van der Waals surface area contributed by atoms with Crippen LogP contribution >= 0.6 is 35.0 Å². The minimum atomic E-state index is -1.26. The third-order valence-electron chi connectivity index (χ3n) is 9.42. The Morgan fingerprint density at radius 1 is 0.614 bits per heavy atom. The highest BCUT2D eigenvalue weighted by Crippen LogP contribution is 2.31. The number of fused-ring (bicyclic) bond motifs is 2. The largest absolute Gasteiger partial charge is 0.469 e. The molecule has 0 saturated carbocycles. The summed E-state index contributed by atoms with van der Waals surface area (Å²) in [6, 6.07) is 0. The third kappa shape index (κ3) is 16.0. The number of ether oxygens (including phenoxy) is 2. The van der Waals surface area contributed by atoms with E-state index < -0.39 is 10.8 Å². The zero-order valence-electron chi connectivity index (χ0n) is 35.1. The molecule has 4 heterocycles. The molecule has 0 aliphatic rings. The van der Waals surface area contributed by atoms with Crippen molar-refractivity contribution < 1.29 is 23.3 Å². The second-order valence-electron chi connectivity index (χ2n) is 14.7. The van der Waals surface area contributed by atoms with Gasteiger partial charge in [-0.25, -0.2) is 19.9 Å². The van der Waals surface area contributed by atoms with Crippen molar-refractivity contribution in [3.63, 3.8) is 0 Å². The summed E-state index contributed by atoms with van der Waals surface area (Å²) in [5.41, 5.74) is 2.94. The SMILES string of the molecule is COC(=O)CCCCCCCCCn1c(C)nc2nc(Cl)nc(S(=O)C(C)C)c21.COC(=O)CCCCCCCCCn1c(C)nc2nc(Cl)nc(SC(C)C)c21. The number of rotatable bonds is 24. The third-order valence-corrected chi connectivity index (χ3v) is 12.3. The van der Waals surface area contributed by atoms with Crippen molar-refractivity contribution in [1.82, 2.24) is 39.0 Å². The minimum Gasteiger partial charge on any atom is -0.469 e. The molecule has 0 N–H and O–H groups in total. The van der Waals surface area contributed by atoms with Gasteiger partial charge in [0.25, 0.3) is 0 Å². The van der Waals surface area contributed by atoms with Crippen LogP contribution in [0, 0.1) is 13.8 Å². The predicted molar refractivity (Wildman–Crippen MR) is 231 cm³/mol. The van der Waals surface area contributed by atoms with Gasteiger partial charge in [-0.3, -0.25) is 13.8 Å². The normalized spacial score (nSPS) is 12.1. The Morgan fingerprint density at radius 2 is 1.02 bits per heavy atom. The van der Waals surface area contributed by atoms with E-state index in [1.54, 1.807) is 11.8 Å². The van der Waals surface area contributed by atoms with Gasteiger partial charge in [0.2, 0.25) is 10.6 Å². The highest BCUT2D eigenvalue weighted by molar-refractivity contribution is 8.00. The second kappa shape index (κ2) is 25.6. The molecule has 13 nitrogen and oxygen atoms in total. The first kappa shape index (κ1) is 48.5. The Kier molecular flexibility index (Phi) is 21.8. The second-order valence-corrected chi connectivity index (χ2v) is 18.8. The van der Waals surface area contributed by atoms with Gasteiger partial charge in [-0.05, 0) is 62.7 Å². The van der Waals surface area contributed by atoms with Crippen molar-refractivity contribution in [3.8, 4) is 0 Å². The monoisotopic (exact) mass is 868 g/mol. The first-order valence-electron chi connectivity index (χ1n) is 20.3. The number of esters is 2. The number of imidazole rings is 2. The Bertz CT molecular complexity index is 1900. The minimum absolute atomic E-state index is 0.0630. The van der Waals surface area contributed by atoms with Crippen molar-refractivity contribution in [1.29, 1.82) is 0 Å². The molecule has 0 aromatic carbocycles. The molecule has 0 fully saturated rings. The first-order chi connectivity index (χ1) is 27.3. The lowest BCUT2D eigenvalue weighted by Gasteiger charge is -2.11. The fourth-order valence-corrected chi connectivity index (χ4v) is 8.78. The Morgan fingerprint density at radius 3 is 1.46 bits per heavy atom. The lowest BCUT2D eigenvalue weighted by Crippen LogP contribution is -2.11. The number of aromatic nitrogens is 8. The van der Waals surface area contributed by atoms with Crippen LogP contribution in [0.3, 0.4) is 0 Å². The molecule has 0 radical (unpaired) electrons. The van der Waals surface area contributed by atoms with Gasteiger partial charge in [0.15, 0.2) is 16.3 Å². The number of aryl methyl sites for hydroxylation is 4. The van der Waals surface area contributed by atoms with E-state index in [1.807, 2.05) is 27.7 Å². The highest BCUT2D eigenvalue weighted by atomic mass is 35.5. The highest BCUT2D eigenvalue weighted by Gasteiger charge is 2.22. The molecule has 57 heavy (non-hydrogen) atoms. The summed E-state index contributed by atoms with van der Waals surface area (Å²) in [4.78, 5) is 48.5. The molecule has 17 heteroatoms. The van der Waals surface area contributed by atoms with E-state index in [-0.39, 0.29) is 27.8 Å². The van der Waals surface area contributed by atoms with Crippen LogP contribution in [0.1, 0.15) is 142 Å². The van der Waals surface area contributed by atoms with Gasteiger partial charge in [-0.2, -0.15) is 9.97 Å². The zero-order chi connectivity index (χ0) is 41.9. The predicted octanol–water partition coefficient (Wildman–Crippen LogP) is 10.2. The summed E-state index contributed by atoms with van der Waals surface area (Å²) < 4.78 is 26.3. The van der Waals surface area contributed by atoms with Crippen LogP contribution in [0.25, 0.3) is 22.3 Å².